The van der Waals surface area contributed by atoms with Gasteiger partial charge >= 0.3 is 0 Å². The van der Waals surface area contributed by atoms with Crippen LogP contribution >= 0.6 is 11.6 Å². The summed E-state index contributed by atoms with van der Waals surface area (Å²) in [5.41, 5.74) is 2.84. The second kappa shape index (κ2) is 13.5. The van der Waals surface area contributed by atoms with Gasteiger partial charge in [0.2, 0.25) is 11.9 Å². The second-order valence-electron chi connectivity index (χ2n) is 9.62. The van der Waals surface area contributed by atoms with Crippen LogP contribution in [0, 0.1) is 0 Å². The van der Waals surface area contributed by atoms with Crippen molar-refractivity contribution in [1.82, 2.24) is 19.4 Å². The first-order valence-electron chi connectivity index (χ1n) is 13.4. The van der Waals surface area contributed by atoms with Gasteiger partial charge in [-0.2, -0.15) is 0 Å². The molecule has 1 N–H and O–H groups in total. The topological polar surface area (TPSA) is 88.9 Å². The predicted octanol–water partition coefficient (Wildman–Crippen LogP) is 4.61. The van der Waals surface area contributed by atoms with Crippen LogP contribution in [0.5, 0.6) is 5.75 Å². The lowest BCUT2D eigenvalue weighted by molar-refractivity contribution is -0.117. The zero-order valence-corrected chi connectivity index (χ0v) is 23.6. The van der Waals surface area contributed by atoms with Crippen LogP contribution in [0.1, 0.15) is 10.4 Å². The summed E-state index contributed by atoms with van der Waals surface area (Å²) in [5, 5.41) is 3.56. The molecule has 1 aliphatic heterocycles. The molecule has 3 aromatic carbocycles. The number of anilines is 1. The summed E-state index contributed by atoms with van der Waals surface area (Å²) < 4.78 is 12.5. The third-order valence-electron chi connectivity index (χ3n) is 6.88. The summed E-state index contributed by atoms with van der Waals surface area (Å²) in [6.45, 7) is 3.86. The maximum atomic E-state index is 13.5. The van der Waals surface area contributed by atoms with Crippen LogP contribution in [-0.2, 0) is 9.53 Å². The molecule has 212 valence electrons. The van der Waals surface area contributed by atoms with Crippen molar-refractivity contribution >= 4 is 29.4 Å². The van der Waals surface area contributed by atoms with Crippen molar-refractivity contribution in [2.45, 2.75) is 0 Å². The molecule has 0 atom stereocenters. The number of ether oxygens (including phenoxy) is 2. The molecular weight excluding hydrogens is 542 g/mol. The highest BCUT2D eigenvalue weighted by atomic mass is 35.5. The number of carbonyl (C=O) groups is 2. The van der Waals surface area contributed by atoms with E-state index < -0.39 is 0 Å². The normalized spacial score (nSPS) is 13.5. The van der Waals surface area contributed by atoms with Gasteiger partial charge in [0, 0.05) is 54.2 Å². The van der Waals surface area contributed by atoms with Gasteiger partial charge in [0.25, 0.3) is 5.91 Å². The van der Waals surface area contributed by atoms with Crippen LogP contribution in [0.3, 0.4) is 0 Å². The molecule has 1 saturated heterocycles. The number of rotatable bonds is 10. The van der Waals surface area contributed by atoms with Crippen LogP contribution in [-0.4, -0.2) is 84.2 Å². The van der Waals surface area contributed by atoms with Gasteiger partial charge in [-0.1, -0.05) is 41.9 Å². The maximum Gasteiger partial charge on any atom is 0.254 e. The first kappa shape index (κ1) is 28.4. The van der Waals surface area contributed by atoms with Gasteiger partial charge in [0.05, 0.1) is 26.0 Å². The Hall–Kier alpha value is -4.18. The Labute approximate surface area is 244 Å². The Morgan fingerprint density at radius 1 is 1.00 bits per heavy atom. The van der Waals surface area contributed by atoms with Gasteiger partial charge in [-0.3, -0.25) is 24.4 Å². The lowest BCUT2D eigenvalue weighted by Gasteiger charge is -2.30. The average molecular weight is 574 g/mol. The molecule has 0 bridgehead atoms. The Balaban J connectivity index is 1.38. The molecule has 0 spiro atoms. The van der Waals surface area contributed by atoms with Crippen molar-refractivity contribution in [3.05, 3.63) is 95.6 Å². The number of imidazole rings is 1. The Morgan fingerprint density at radius 2 is 1.71 bits per heavy atom. The smallest absolute Gasteiger partial charge is 0.254 e. The monoisotopic (exact) mass is 573 g/mol. The number of nitrogens with zero attached hydrogens (tertiary/aromatic N) is 4. The molecule has 0 aliphatic carbocycles. The van der Waals surface area contributed by atoms with Crippen molar-refractivity contribution in [2.75, 3.05) is 58.4 Å². The Bertz CT molecular complexity index is 1450. The minimum absolute atomic E-state index is 0.121. The van der Waals surface area contributed by atoms with E-state index >= 15 is 0 Å². The van der Waals surface area contributed by atoms with E-state index in [0.29, 0.717) is 54.3 Å². The van der Waals surface area contributed by atoms with Crippen LogP contribution in [0.15, 0.2) is 85.1 Å². The second-order valence-corrected chi connectivity index (χ2v) is 10.1. The van der Waals surface area contributed by atoms with Crippen LogP contribution in [0.2, 0.25) is 5.02 Å². The Morgan fingerprint density at radius 3 is 2.39 bits per heavy atom. The molecule has 1 fully saturated rings. The number of morpholine rings is 1. The van der Waals surface area contributed by atoms with E-state index in [1.54, 1.807) is 40.8 Å². The molecule has 41 heavy (non-hydrogen) atoms. The molecule has 2 heterocycles. The SMILES string of the molecule is COc1ccc(-n2cc(-c3ccc(Cl)cc3)nc2NC(=O)CN(CCN2CCOCC2)C(=O)c2ccccc2)cc1. The molecule has 2 amide bonds. The number of amides is 2. The summed E-state index contributed by atoms with van der Waals surface area (Å²) in [4.78, 5) is 35.4. The highest BCUT2D eigenvalue weighted by Crippen LogP contribution is 2.26. The number of aromatic nitrogens is 2. The first-order chi connectivity index (χ1) is 20.0. The molecule has 10 heteroatoms. The van der Waals surface area contributed by atoms with Gasteiger partial charge < -0.3 is 14.4 Å². The van der Waals surface area contributed by atoms with E-state index in [4.69, 9.17) is 26.1 Å². The van der Waals surface area contributed by atoms with Crippen molar-refractivity contribution in [3.63, 3.8) is 0 Å². The highest BCUT2D eigenvalue weighted by molar-refractivity contribution is 6.30. The van der Waals surface area contributed by atoms with E-state index in [-0.39, 0.29) is 18.4 Å². The predicted molar refractivity (Wildman–Crippen MR) is 159 cm³/mol. The zero-order valence-electron chi connectivity index (χ0n) is 22.8. The van der Waals surface area contributed by atoms with Crippen molar-refractivity contribution in [1.29, 1.82) is 0 Å². The molecule has 1 aromatic heterocycles. The van der Waals surface area contributed by atoms with Gasteiger partial charge in [0.15, 0.2) is 0 Å². The summed E-state index contributed by atoms with van der Waals surface area (Å²) in [6.07, 6.45) is 1.85. The lowest BCUT2D eigenvalue weighted by Crippen LogP contribution is -2.45. The summed E-state index contributed by atoms with van der Waals surface area (Å²) in [6, 6.07) is 23.8. The third kappa shape index (κ3) is 7.32. The molecule has 1 aliphatic rings. The molecular formula is C31H32ClN5O4. The largest absolute Gasteiger partial charge is 0.497 e. The number of methoxy groups -OCH3 is 1. The highest BCUT2D eigenvalue weighted by Gasteiger charge is 2.22. The van der Waals surface area contributed by atoms with Gasteiger partial charge in [-0.15, -0.1) is 0 Å². The van der Waals surface area contributed by atoms with Crippen molar-refractivity contribution < 1.29 is 19.1 Å². The van der Waals surface area contributed by atoms with Crippen molar-refractivity contribution in [2.24, 2.45) is 0 Å². The van der Waals surface area contributed by atoms with Gasteiger partial charge in [-0.25, -0.2) is 4.98 Å². The fourth-order valence-electron chi connectivity index (χ4n) is 4.61. The number of carbonyl (C=O) groups excluding carboxylic acids is 2. The standard InChI is InChI=1S/C31H32ClN5O4/c1-40-27-13-11-26(12-14-27)37-21-28(23-7-9-25(32)10-8-23)33-31(37)34-29(38)22-36(16-15-35-17-19-41-20-18-35)30(39)24-5-3-2-4-6-24/h2-14,21H,15-20,22H2,1H3,(H,33,34,38). The number of benzene rings is 3. The molecule has 9 nitrogen and oxygen atoms in total. The molecule has 0 saturated carbocycles. The van der Waals surface area contributed by atoms with Gasteiger partial charge in [0.1, 0.15) is 12.3 Å². The van der Waals surface area contributed by atoms with Crippen molar-refractivity contribution in [3.8, 4) is 22.7 Å². The number of hydrogen-bond acceptors (Lipinski definition) is 6. The number of nitrogens with one attached hydrogen (secondary N) is 1. The average Bonchev–Trinajstić information content (AvgIpc) is 3.43. The minimum Gasteiger partial charge on any atom is -0.497 e. The maximum absolute atomic E-state index is 13.5. The molecule has 4 aromatic rings. The number of halogens is 1. The fourth-order valence-corrected chi connectivity index (χ4v) is 4.73. The van der Waals surface area contributed by atoms with Gasteiger partial charge in [-0.05, 0) is 48.5 Å². The quantitative estimate of drug-likeness (QED) is 0.298. The minimum atomic E-state index is -0.348. The van der Waals surface area contributed by atoms with Crippen LogP contribution in [0.25, 0.3) is 16.9 Å². The molecule has 0 radical (unpaired) electrons. The summed E-state index contributed by atoms with van der Waals surface area (Å²) >= 11 is 6.09. The number of hydrogen-bond donors (Lipinski definition) is 1. The van der Waals surface area contributed by atoms with E-state index in [0.717, 1.165) is 24.3 Å². The first-order valence-corrected chi connectivity index (χ1v) is 13.8. The van der Waals surface area contributed by atoms with E-state index in [1.807, 2.05) is 60.8 Å². The van der Waals surface area contributed by atoms with E-state index in [9.17, 15) is 9.59 Å². The summed E-state index contributed by atoms with van der Waals surface area (Å²) in [7, 11) is 1.61. The van der Waals surface area contributed by atoms with E-state index in [1.165, 1.54) is 0 Å². The van der Waals surface area contributed by atoms with E-state index in [2.05, 4.69) is 10.2 Å². The van der Waals surface area contributed by atoms with Crippen LogP contribution < -0.4 is 10.1 Å². The third-order valence-corrected chi connectivity index (χ3v) is 7.13. The Kier molecular flexibility index (Phi) is 9.30. The summed E-state index contributed by atoms with van der Waals surface area (Å²) in [5.74, 6) is 0.506. The van der Waals surface area contributed by atoms with Crippen LogP contribution in [0.4, 0.5) is 5.95 Å². The zero-order chi connectivity index (χ0) is 28.6. The fraction of sp³-hybridized carbons (Fsp3) is 0.258. The molecule has 0 unspecified atom stereocenters. The molecule has 5 rings (SSSR count). The lowest BCUT2D eigenvalue weighted by atomic mass is 10.2.